The van der Waals surface area contributed by atoms with Crippen LogP contribution in [-0.4, -0.2) is 35.9 Å². The molecule has 1 amide bonds. The summed E-state index contributed by atoms with van der Waals surface area (Å²) < 4.78 is 6.49. The highest BCUT2D eigenvalue weighted by Crippen LogP contribution is 1.98. The van der Waals surface area contributed by atoms with Gasteiger partial charge in [-0.05, 0) is 6.08 Å². The van der Waals surface area contributed by atoms with Gasteiger partial charge in [0.2, 0.25) is 5.91 Å². The molecule has 1 N–H and O–H groups in total. The second kappa shape index (κ2) is 5.98. The zero-order valence-electron chi connectivity index (χ0n) is 8.93. The monoisotopic (exact) mass is 209 g/mol. The van der Waals surface area contributed by atoms with Crippen molar-refractivity contribution in [2.75, 3.05) is 20.3 Å². The lowest BCUT2D eigenvalue weighted by Gasteiger charge is -1.99. The summed E-state index contributed by atoms with van der Waals surface area (Å²) in [6.45, 7) is 1.04. The predicted molar refractivity (Wildman–Crippen MR) is 57.1 cm³/mol. The van der Waals surface area contributed by atoms with Gasteiger partial charge < -0.3 is 10.1 Å². The van der Waals surface area contributed by atoms with Gasteiger partial charge in [-0.3, -0.25) is 9.48 Å². The Hall–Kier alpha value is -1.62. The highest BCUT2D eigenvalue weighted by atomic mass is 16.5. The first-order valence-electron chi connectivity index (χ1n) is 4.66. The van der Waals surface area contributed by atoms with E-state index in [9.17, 15) is 4.79 Å². The molecule has 0 saturated heterocycles. The van der Waals surface area contributed by atoms with E-state index in [2.05, 4.69) is 10.4 Å². The normalized spacial score (nSPS) is 10.8. The quantitative estimate of drug-likeness (QED) is 0.556. The maximum Gasteiger partial charge on any atom is 0.244 e. The van der Waals surface area contributed by atoms with Crippen molar-refractivity contribution >= 4 is 12.0 Å². The van der Waals surface area contributed by atoms with Crippen LogP contribution < -0.4 is 5.32 Å². The molecule has 0 atom stereocenters. The summed E-state index contributed by atoms with van der Waals surface area (Å²) in [4.78, 5) is 11.2. The van der Waals surface area contributed by atoms with Crippen molar-refractivity contribution in [1.29, 1.82) is 0 Å². The highest BCUT2D eigenvalue weighted by molar-refractivity contribution is 5.91. The minimum Gasteiger partial charge on any atom is -0.383 e. The zero-order valence-corrected chi connectivity index (χ0v) is 8.93. The molecule has 0 aliphatic carbocycles. The SMILES string of the molecule is COCCNC(=O)/C=C/c1cnn(C)c1. The predicted octanol–water partition coefficient (Wildman–Crippen LogP) is 0.196. The molecular formula is C10H15N3O2. The standard InChI is InChI=1S/C10H15N3O2/c1-13-8-9(7-12-13)3-4-10(14)11-5-6-15-2/h3-4,7-8H,5-6H2,1-2H3,(H,11,14)/b4-3+. The Balaban J connectivity index is 2.34. The molecule has 82 valence electrons. The topological polar surface area (TPSA) is 56.1 Å². The average Bonchev–Trinajstić information content (AvgIpc) is 2.62. The summed E-state index contributed by atoms with van der Waals surface area (Å²) in [6.07, 6.45) is 6.72. The van der Waals surface area contributed by atoms with E-state index in [0.717, 1.165) is 5.56 Å². The lowest BCUT2D eigenvalue weighted by Crippen LogP contribution is -2.24. The summed E-state index contributed by atoms with van der Waals surface area (Å²) in [7, 11) is 3.42. The average molecular weight is 209 g/mol. The molecule has 0 aliphatic rings. The van der Waals surface area contributed by atoms with Crippen molar-refractivity contribution in [2.24, 2.45) is 7.05 Å². The number of amides is 1. The maximum atomic E-state index is 11.2. The van der Waals surface area contributed by atoms with E-state index in [0.29, 0.717) is 13.2 Å². The number of aromatic nitrogens is 2. The molecule has 0 unspecified atom stereocenters. The van der Waals surface area contributed by atoms with Gasteiger partial charge in [-0.25, -0.2) is 0 Å². The molecule has 0 spiro atoms. The molecule has 0 saturated carbocycles. The van der Waals surface area contributed by atoms with E-state index < -0.39 is 0 Å². The first kappa shape index (κ1) is 11.5. The Labute approximate surface area is 88.7 Å². The van der Waals surface area contributed by atoms with E-state index >= 15 is 0 Å². The molecule has 0 bridgehead atoms. The third kappa shape index (κ3) is 4.42. The van der Waals surface area contributed by atoms with E-state index in [1.165, 1.54) is 6.08 Å². The number of carbonyl (C=O) groups is 1. The number of methoxy groups -OCH3 is 1. The van der Waals surface area contributed by atoms with Crippen LogP contribution in [0.2, 0.25) is 0 Å². The first-order valence-corrected chi connectivity index (χ1v) is 4.66. The minimum atomic E-state index is -0.129. The molecule has 5 nitrogen and oxygen atoms in total. The zero-order chi connectivity index (χ0) is 11.1. The first-order chi connectivity index (χ1) is 7.22. The van der Waals surface area contributed by atoms with Crippen molar-refractivity contribution < 1.29 is 9.53 Å². The van der Waals surface area contributed by atoms with Crippen LogP contribution in [-0.2, 0) is 16.6 Å². The number of aryl methyl sites for hydroxylation is 1. The Bertz CT molecular complexity index is 344. The van der Waals surface area contributed by atoms with Crippen LogP contribution in [0.4, 0.5) is 0 Å². The third-order valence-electron chi connectivity index (χ3n) is 1.76. The number of nitrogens with one attached hydrogen (secondary N) is 1. The van der Waals surface area contributed by atoms with Gasteiger partial charge in [0.15, 0.2) is 0 Å². The van der Waals surface area contributed by atoms with Crippen molar-refractivity contribution in [3.8, 4) is 0 Å². The summed E-state index contributed by atoms with van der Waals surface area (Å²) in [5.41, 5.74) is 0.902. The Kier molecular flexibility index (Phi) is 4.56. The molecule has 1 aromatic rings. The lowest BCUT2D eigenvalue weighted by atomic mass is 10.3. The maximum absolute atomic E-state index is 11.2. The van der Waals surface area contributed by atoms with Gasteiger partial charge >= 0.3 is 0 Å². The molecule has 0 aromatic carbocycles. The van der Waals surface area contributed by atoms with Crippen molar-refractivity contribution in [3.63, 3.8) is 0 Å². The smallest absolute Gasteiger partial charge is 0.244 e. The van der Waals surface area contributed by atoms with Gasteiger partial charge in [-0.1, -0.05) is 0 Å². The minimum absolute atomic E-state index is 0.129. The Morgan fingerprint density at radius 3 is 3.13 bits per heavy atom. The van der Waals surface area contributed by atoms with Crippen LogP contribution in [0.1, 0.15) is 5.56 Å². The Morgan fingerprint density at radius 1 is 1.73 bits per heavy atom. The second-order valence-corrected chi connectivity index (χ2v) is 3.06. The third-order valence-corrected chi connectivity index (χ3v) is 1.76. The van der Waals surface area contributed by atoms with E-state index in [1.54, 1.807) is 24.1 Å². The van der Waals surface area contributed by atoms with Crippen LogP contribution in [0.3, 0.4) is 0 Å². The molecule has 1 heterocycles. The van der Waals surface area contributed by atoms with Gasteiger partial charge in [-0.2, -0.15) is 5.10 Å². The van der Waals surface area contributed by atoms with Crippen LogP contribution in [0, 0.1) is 0 Å². The number of ether oxygens (including phenoxy) is 1. The number of rotatable bonds is 5. The summed E-state index contributed by atoms with van der Waals surface area (Å²) in [5, 5.41) is 6.67. The van der Waals surface area contributed by atoms with Crippen LogP contribution >= 0.6 is 0 Å². The van der Waals surface area contributed by atoms with Gasteiger partial charge in [-0.15, -0.1) is 0 Å². The number of hydrogen-bond donors (Lipinski definition) is 1. The van der Waals surface area contributed by atoms with E-state index in [-0.39, 0.29) is 5.91 Å². The number of carbonyl (C=O) groups excluding carboxylic acids is 1. The molecular weight excluding hydrogens is 194 g/mol. The van der Waals surface area contributed by atoms with Crippen LogP contribution in [0.5, 0.6) is 0 Å². The Morgan fingerprint density at radius 2 is 2.53 bits per heavy atom. The van der Waals surface area contributed by atoms with Gasteiger partial charge in [0.1, 0.15) is 0 Å². The molecule has 5 heteroatoms. The summed E-state index contributed by atoms with van der Waals surface area (Å²) in [6, 6.07) is 0. The molecule has 1 aromatic heterocycles. The molecule has 0 fully saturated rings. The number of nitrogens with zero attached hydrogens (tertiary/aromatic N) is 2. The summed E-state index contributed by atoms with van der Waals surface area (Å²) in [5.74, 6) is -0.129. The largest absolute Gasteiger partial charge is 0.383 e. The summed E-state index contributed by atoms with van der Waals surface area (Å²) >= 11 is 0. The van der Waals surface area contributed by atoms with Crippen molar-refractivity contribution in [2.45, 2.75) is 0 Å². The molecule has 0 aliphatic heterocycles. The van der Waals surface area contributed by atoms with Crippen molar-refractivity contribution in [1.82, 2.24) is 15.1 Å². The number of hydrogen-bond acceptors (Lipinski definition) is 3. The second-order valence-electron chi connectivity index (χ2n) is 3.06. The fourth-order valence-electron chi connectivity index (χ4n) is 1.03. The van der Waals surface area contributed by atoms with E-state index in [4.69, 9.17) is 4.74 Å². The van der Waals surface area contributed by atoms with Crippen LogP contribution in [0.15, 0.2) is 18.5 Å². The van der Waals surface area contributed by atoms with Gasteiger partial charge in [0.05, 0.1) is 12.8 Å². The van der Waals surface area contributed by atoms with E-state index in [1.807, 2.05) is 13.2 Å². The van der Waals surface area contributed by atoms with Gasteiger partial charge in [0.25, 0.3) is 0 Å². The fourth-order valence-corrected chi connectivity index (χ4v) is 1.03. The van der Waals surface area contributed by atoms with Gasteiger partial charge in [0, 0.05) is 38.5 Å². The fraction of sp³-hybridized carbons (Fsp3) is 0.400. The lowest BCUT2D eigenvalue weighted by molar-refractivity contribution is -0.116. The van der Waals surface area contributed by atoms with Crippen LogP contribution in [0.25, 0.3) is 6.08 Å². The highest BCUT2D eigenvalue weighted by Gasteiger charge is 1.94. The molecule has 0 radical (unpaired) electrons. The van der Waals surface area contributed by atoms with Crippen molar-refractivity contribution in [3.05, 3.63) is 24.0 Å². The molecule has 15 heavy (non-hydrogen) atoms. The molecule has 1 rings (SSSR count).